The fourth-order valence-corrected chi connectivity index (χ4v) is 4.08. The van der Waals surface area contributed by atoms with E-state index in [0.717, 1.165) is 9.13 Å². The van der Waals surface area contributed by atoms with Gasteiger partial charge < -0.3 is 14.6 Å². The molecular weight excluding hydrogens is 603 g/mol. The summed E-state index contributed by atoms with van der Waals surface area (Å²) in [6, 6.07) is 15.0. The van der Waals surface area contributed by atoms with E-state index in [2.05, 4.69) is 64.4 Å². The Labute approximate surface area is 190 Å². The van der Waals surface area contributed by atoms with Gasteiger partial charge in [0.2, 0.25) is 5.89 Å². The Hall–Kier alpha value is -1.91. The maximum absolute atomic E-state index is 10.2. The topological polar surface area (TPSA) is 78.9 Å². The molecule has 0 amide bonds. The summed E-state index contributed by atoms with van der Waals surface area (Å²) in [5.41, 5.74) is 3.39. The molecule has 0 saturated carbocycles. The van der Waals surface area contributed by atoms with E-state index in [1.807, 2.05) is 42.5 Å². The summed E-state index contributed by atoms with van der Waals surface area (Å²) < 4.78 is 7.63. The predicted octanol–water partition coefficient (Wildman–Crippen LogP) is 6.79. The van der Waals surface area contributed by atoms with E-state index in [1.54, 1.807) is 6.07 Å². The number of phenols is 2. The molecule has 1 aromatic heterocycles. The molecule has 4 rings (SSSR count). The highest BCUT2D eigenvalue weighted by Gasteiger charge is 2.13. The van der Waals surface area contributed by atoms with Crippen LogP contribution in [-0.2, 0) is 0 Å². The average Bonchev–Trinajstić information content (AvgIpc) is 3.12. The molecule has 0 aliphatic carbocycles. The van der Waals surface area contributed by atoms with Crippen molar-refractivity contribution < 1.29 is 14.6 Å². The number of phenolic OH excluding ortho intramolecular Hbond substituents is 2. The molecule has 140 valence electrons. The first-order valence-electron chi connectivity index (χ1n) is 8.03. The number of halogens is 3. The minimum Gasteiger partial charge on any atom is -0.506 e. The first-order valence-corrected chi connectivity index (χ1v) is 10.7. The minimum atomic E-state index is -0.0899. The van der Waals surface area contributed by atoms with Crippen molar-refractivity contribution in [2.75, 3.05) is 0 Å². The second-order valence-corrected chi connectivity index (χ2v) is 8.79. The third-order valence-electron chi connectivity index (χ3n) is 4.01. The van der Waals surface area contributed by atoms with Crippen molar-refractivity contribution in [2.45, 2.75) is 0 Å². The lowest BCUT2D eigenvalue weighted by Crippen LogP contribution is -1.85. The zero-order chi connectivity index (χ0) is 19.8. The normalized spacial score (nSPS) is 11.5. The van der Waals surface area contributed by atoms with Gasteiger partial charge >= 0.3 is 0 Å². The van der Waals surface area contributed by atoms with Crippen LogP contribution in [0.1, 0.15) is 5.56 Å². The van der Waals surface area contributed by atoms with Crippen molar-refractivity contribution in [3.05, 3.63) is 66.6 Å². The third-order valence-corrected chi connectivity index (χ3v) is 6.09. The summed E-state index contributed by atoms with van der Waals surface area (Å²) in [5.74, 6) is 0.395. The molecule has 0 fully saturated rings. The van der Waals surface area contributed by atoms with Crippen LogP contribution in [0.25, 0.3) is 22.6 Å². The Morgan fingerprint density at radius 3 is 2.50 bits per heavy atom. The third kappa shape index (κ3) is 3.81. The lowest BCUT2D eigenvalue weighted by atomic mass is 10.2. The number of hydrogen-bond donors (Lipinski definition) is 2. The molecule has 8 heteroatoms. The van der Waals surface area contributed by atoms with Crippen LogP contribution in [0.3, 0.4) is 0 Å². The van der Waals surface area contributed by atoms with E-state index >= 15 is 0 Å². The monoisotopic (exact) mass is 612 g/mol. The number of aliphatic imine (C=N–C) groups is 1. The van der Waals surface area contributed by atoms with Crippen LogP contribution >= 0.6 is 54.5 Å². The lowest BCUT2D eigenvalue weighted by Gasteiger charge is -2.06. The molecule has 28 heavy (non-hydrogen) atoms. The van der Waals surface area contributed by atoms with Crippen molar-refractivity contribution >= 4 is 77.5 Å². The number of hydrogen-bond acceptors (Lipinski definition) is 5. The van der Waals surface area contributed by atoms with Crippen molar-refractivity contribution in [1.29, 1.82) is 0 Å². The number of rotatable bonds is 3. The highest BCUT2D eigenvalue weighted by molar-refractivity contribution is 14.1. The number of aromatic hydroxyl groups is 2. The van der Waals surface area contributed by atoms with Gasteiger partial charge in [0.15, 0.2) is 5.58 Å². The summed E-state index contributed by atoms with van der Waals surface area (Å²) in [7, 11) is 0. The minimum absolute atomic E-state index is 0.0678. The van der Waals surface area contributed by atoms with Gasteiger partial charge in [-0.25, -0.2) is 4.98 Å². The van der Waals surface area contributed by atoms with Gasteiger partial charge in [-0.3, -0.25) is 4.99 Å². The van der Waals surface area contributed by atoms with Crippen molar-refractivity contribution in [3.63, 3.8) is 0 Å². The Balaban J connectivity index is 1.67. The van der Waals surface area contributed by atoms with Crippen LogP contribution in [0, 0.1) is 3.57 Å². The summed E-state index contributed by atoms with van der Waals surface area (Å²) in [4.78, 5) is 8.95. The Morgan fingerprint density at radius 2 is 1.75 bits per heavy atom. The van der Waals surface area contributed by atoms with E-state index in [4.69, 9.17) is 4.42 Å². The van der Waals surface area contributed by atoms with Crippen LogP contribution in [0.15, 0.2) is 66.9 Å². The molecule has 0 unspecified atom stereocenters. The molecular formula is C20H11Br2IN2O3. The van der Waals surface area contributed by atoms with Gasteiger partial charge in [0, 0.05) is 20.9 Å². The summed E-state index contributed by atoms with van der Waals surface area (Å²) >= 11 is 8.65. The molecule has 0 radical (unpaired) electrons. The number of aromatic nitrogens is 1. The zero-order valence-electron chi connectivity index (χ0n) is 14.0. The molecule has 0 bridgehead atoms. The van der Waals surface area contributed by atoms with Gasteiger partial charge in [-0.1, -0.05) is 0 Å². The van der Waals surface area contributed by atoms with E-state index in [1.165, 1.54) is 6.21 Å². The number of oxazole rings is 1. The molecule has 4 aromatic rings. The van der Waals surface area contributed by atoms with E-state index in [-0.39, 0.29) is 16.0 Å². The van der Waals surface area contributed by atoms with E-state index in [0.29, 0.717) is 32.7 Å². The maximum Gasteiger partial charge on any atom is 0.227 e. The Morgan fingerprint density at radius 1 is 1.00 bits per heavy atom. The fraction of sp³-hybridized carbons (Fsp3) is 0. The van der Waals surface area contributed by atoms with E-state index < -0.39 is 0 Å². The summed E-state index contributed by atoms with van der Waals surface area (Å²) in [6.45, 7) is 0. The second-order valence-electron chi connectivity index (χ2n) is 5.89. The lowest BCUT2D eigenvalue weighted by molar-refractivity contribution is 0.442. The van der Waals surface area contributed by atoms with Crippen molar-refractivity contribution in [1.82, 2.24) is 4.98 Å². The summed E-state index contributed by atoms with van der Waals surface area (Å²) in [5, 5.41) is 20.0. The van der Waals surface area contributed by atoms with Crippen LogP contribution in [0.4, 0.5) is 5.69 Å². The van der Waals surface area contributed by atoms with Gasteiger partial charge in [0.05, 0.1) is 10.2 Å². The first kappa shape index (κ1) is 19.4. The standard InChI is InChI=1S/C20H11Br2IN2O3/c21-14-7-11(18(26)17(22)19(14)27)9-24-13-5-6-16-15(8-13)25-20(28-16)10-1-3-12(23)4-2-10/h1-9,26-27H. The fourth-order valence-electron chi connectivity index (χ4n) is 2.57. The SMILES string of the molecule is Oc1c(Br)cc(C=Nc2ccc3oc(-c4ccc(I)cc4)nc3c2)c(O)c1Br. The number of benzene rings is 3. The molecule has 0 aliphatic rings. The number of fused-ring (bicyclic) bond motifs is 1. The van der Waals surface area contributed by atoms with Gasteiger partial charge in [-0.2, -0.15) is 0 Å². The van der Waals surface area contributed by atoms with Gasteiger partial charge in [0.1, 0.15) is 21.5 Å². The van der Waals surface area contributed by atoms with Gasteiger partial charge in [-0.15, -0.1) is 0 Å². The molecule has 5 nitrogen and oxygen atoms in total. The van der Waals surface area contributed by atoms with Crippen LogP contribution < -0.4 is 0 Å². The average molecular weight is 614 g/mol. The molecule has 0 aliphatic heterocycles. The predicted molar refractivity (Wildman–Crippen MR) is 125 cm³/mol. The molecule has 3 aromatic carbocycles. The van der Waals surface area contributed by atoms with Crippen LogP contribution in [0.2, 0.25) is 0 Å². The molecule has 0 saturated heterocycles. The van der Waals surface area contributed by atoms with Crippen LogP contribution in [0.5, 0.6) is 11.5 Å². The molecule has 0 spiro atoms. The highest BCUT2D eigenvalue weighted by atomic mass is 127. The molecule has 2 N–H and O–H groups in total. The van der Waals surface area contributed by atoms with Gasteiger partial charge in [-0.05, 0) is 103 Å². The molecule has 0 atom stereocenters. The summed E-state index contributed by atoms with van der Waals surface area (Å²) in [6.07, 6.45) is 1.52. The number of nitrogens with zero attached hydrogens (tertiary/aromatic N) is 2. The quantitative estimate of drug-likeness (QED) is 0.197. The Kier molecular flexibility index (Phi) is 5.44. The van der Waals surface area contributed by atoms with Crippen molar-refractivity contribution in [3.8, 4) is 23.0 Å². The van der Waals surface area contributed by atoms with Crippen LogP contribution in [-0.4, -0.2) is 21.4 Å². The zero-order valence-corrected chi connectivity index (χ0v) is 19.4. The highest BCUT2D eigenvalue weighted by Crippen LogP contribution is 2.40. The second kappa shape index (κ2) is 7.84. The molecule has 1 heterocycles. The van der Waals surface area contributed by atoms with E-state index in [9.17, 15) is 10.2 Å². The Bertz CT molecular complexity index is 1220. The largest absolute Gasteiger partial charge is 0.506 e. The first-order chi connectivity index (χ1) is 13.4. The smallest absolute Gasteiger partial charge is 0.227 e. The van der Waals surface area contributed by atoms with Crippen molar-refractivity contribution in [2.24, 2.45) is 4.99 Å². The van der Waals surface area contributed by atoms with Gasteiger partial charge in [0.25, 0.3) is 0 Å². The maximum atomic E-state index is 10.2.